The van der Waals surface area contributed by atoms with Gasteiger partial charge >= 0.3 is 23.9 Å². The molecule has 27 heavy (non-hydrogen) atoms. The second kappa shape index (κ2) is 7.91. The van der Waals surface area contributed by atoms with Crippen molar-refractivity contribution in [2.24, 2.45) is 0 Å². The number of hydrogen-bond donors (Lipinski definition) is 0. The lowest BCUT2D eigenvalue weighted by atomic mass is 10.0. The number of hydrogen-bond acceptors (Lipinski definition) is 5. The van der Waals surface area contributed by atoms with Gasteiger partial charge in [0.1, 0.15) is 12.9 Å². The maximum Gasteiger partial charge on any atom is 0.437 e. The van der Waals surface area contributed by atoms with Gasteiger partial charge in [-0.15, -0.1) is 0 Å². The predicted octanol–water partition coefficient (Wildman–Crippen LogP) is 3.60. The highest BCUT2D eigenvalue weighted by Crippen LogP contribution is 2.47. The molecular formula is C16H12F6N2O3. The van der Waals surface area contributed by atoms with Crippen molar-refractivity contribution in [1.29, 1.82) is 0 Å². The number of benzene rings is 1. The Balaban J connectivity index is 2.30. The van der Waals surface area contributed by atoms with Gasteiger partial charge in [-0.05, 0) is 11.6 Å². The van der Waals surface area contributed by atoms with Crippen LogP contribution < -0.4 is 0 Å². The minimum Gasteiger partial charge on any atom is -0.458 e. The Hall–Kier alpha value is -2.69. The smallest absolute Gasteiger partial charge is 0.437 e. The number of carbonyl (C=O) groups excluding carboxylic acids is 1. The molecule has 2 aromatic rings. The van der Waals surface area contributed by atoms with Crippen molar-refractivity contribution < 1.29 is 40.6 Å². The van der Waals surface area contributed by atoms with E-state index in [1.165, 1.54) is 24.3 Å². The van der Waals surface area contributed by atoms with Gasteiger partial charge in [0.2, 0.25) is 0 Å². The average Bonchev–Trinajstić information content (AvgIpc) is 2.60. The fourth-order valence-electron chi connectivity index (χ4n) is 2.03. The molecule has 0 aliphatic rings. The SMILES string of the molecule is O=C(OCc1ccccc1)C(OCc1ccncn1)(C(F)(F)F)C(F)(F)F. The molecule has 0 spiro atoms. The van der Waals surface area contributed by atoms with Crippen LogP contribution in [0.2, 0.25) is 0 Å². The van der Waals surface area contributed by atoms with Crippen LogP contribution in [0.5, 0.6) is 0 Å². The van der Waals surface area contributed by atoms with E-state index in [4.69, 9.17) is 0 Å². The first-order valence-electron chi connectivity index (χ1n) is 7.31. The Labute approximate surface area is 148 Å². The van der Waals surface area contributed by atoms with E-state index in [1.54, 1.807) is 6.07 Å². The maximum atomic E-state index is 13.4. The lowest BCUT2D eigenvalue weighted by molar-refractivity contribution is -0.372. The number of aromatic nitrogens is 2. The summed E-state index contributed by atoms with van der Waals surface area (Å²) in [6.07, 6.45) is -10.2. The lowest BCUT2D eigenvalue weighted by Crippen LogP contribution is -2.64. The van der Waals surface area contributed by atoms with Crippen LogP contribution in [-0.4, -0.2) is 33.9 Å². The second-order valence-electron chi connectivity index (χ2n) is 5.23. The molecule has 146 valence electrons. The monoisotopic (exact) mass is 394 g/mol. The summed E-state index contributed by atoms with van der Waals surface area (Å²) < 4.78 is 88.6. The van der Waals surface area contributed by atoms with Gasteiger partial charge in [-0.25, -0.2) is 14.8 Å². The van der Waals surface area contributed by atoms with Crippen molar-refractivity contribution >= 4 is 5.97 Å². The van der Waals surface area contributed by atoms with E-state index in [0.717, 1.165) is 18.6 Å². The normalized spacial score (nSPS) is 12.7. The van der Waals surface area contributed by atoms with Crippen LogP contribution in [0.1, 0.15) is 11.3 Å². The first-order chi connectivity index (χ1) is 12.6. The van der Waals surface area contributed by atoms with E-state index in [9.17, 15) is 31.1 Å². The molecule has 0 fully saturated rings. The zero-order valence-electron chi connectivity index (χ0n) is 13.4. The minimum absolute atomic E-state index is 0.208. The predicted molar refractivity (Wildman–Crippen MR) is 77.9 cm³/mol. The van der Waals surface area contributed by atoms with Gasteiger partial charge in [0.15, 0.2) is 0 Å². The summed E-state index contributed by atoms with van der Waals surface area (Å²) in [5.41, 5.74) is -5.22. The van der Waals surface area contributed by atoms with Crippen molar-refractivity contribution in [1.82, 2.24) is 9.97 Å². The molecule has 0 unspecified atom stereocenters. The number of esters is 1. The highest BCUT2D eigenvalue weighted by Gasteiger charge is 2.78. The molecule has 0 aliphatic heterocycles. The first kappa shape index (κ1) is 20.6. The summed E-state index contributed by atoms with van der Waals surface area (Å²) in [6, 6.07) is 8.33. The third kappa shape index (κ3) is 4.54. The molecule has 0 saturated heterocycles. The third-order valence-electron chi connectivity index (χ3n) is 3.38. The quantitative estimate of drug-likeness (QED) is 0.554. The van der Waals surface area contributed by atoms with Crippen LogP contribution in [-0.2, 0) is 27.5 Å². The van der Waals surface area contributed by atoms with E-state index in [2.05, 4.69) is 19.4 Å². The fourth-order valence-corrected chi connectivity index (χ4v) is 2.03. The summed E-state index contributed by atoms with van der Waals surface area (Å²) in [5.74, 6) is -2.61. The first-order valence-corrected chi connectivity index (χ1v) is 7.31. The molecule has 0 bridgehead atoms. The van der Waals surface area contributed by atoms with Gasteiger partial charge in [0, 0.05) is 6.20 Å². The number of rotatable bonds is 6. The van der Waals surface area contributed by atoms with E-state index >= 15 is 0 Å². The van der Waals surface area contributed by atoms with Crippen LogP contribution in [0.4, 0.5) is 26.3 Å². The van der Waals surface area contributed by atoms with Gasteiger partial charge in [-0.3, -0.25) is 0 Å². The molecule has 0 radical (unpaired) electrons. The Kier molecular flexibility index (Phi) is 6.04. The number of ether oxygens (including phenoxy) is 2. The van der Waals surface area contributed by atoms with Crippen molar-refractivity contribution in [2.45, 2.75) is 31.2 Å². The fraction of sp³-hybridized carbons (Fsp3) is 0.312. The number of alkyl halides is 6. The molecule has 0 aliphatic carbocycles. The Morgan fingerprint density at radius 2 is 1.56 bits per heavy atom. The standard InChI is InChI=1S/C16H12F6N2O3/c17-15(18,19)14(16(20,21)22,27-9-12-6-7-23-10-24-12)13(25)26-8-11-4-2-1-3-5-11/h1-7,10H,8-9H2. The van der Waals surface area contributed by atoms with E-state index in [-0.39, 0.29) is 11.3 Å². The van der Waals surface area contributed by atoms with Crippen molar-refractivity contribution in [3.63, 3.8) is 0 Å². The molecule has 5 nitrogen and oxygen atoms in total. The Morgan fingerprint density at radius 1 is 0.926 bits per heavy atom. The molecule has 11 heteroatoms. The summed E-state index contributed by atoms with van der Waals surface area (Å²) in [7, 11) is 0. The lowest BCUT2D eigenvalue weighted by Gasteiger charge is -2.34. The molecule has 1 aromatic heterocycles. The van der Waals surface area contributed by atoms with Gasteiger partial charge in [0.05, 0.1) is 12.3 Å². The van der Waals surface area contributed by atoms with Gasteiger partial charge < -0.3 is 9.47 Å². The molecule has 2 rings (SSSR count). The van der Waals surface area contributed by atoms with Gasteiger partial charge in [-0.2, -0.15) is 26.3 Å². The van der Waals surface area contributed by atoms with Crippen molar-refractivity contribution in [3.05, 3.63) is 60.2 Å². The van der Waals surface area contributed by atoms with E-state index in [1.807, 2.05) is 0 Å². The van der Waals surface area contributed by atoms with E-state index in [0.29, 0.717) is 0 Å². The molecule has 1 heterocycles. The Bertz CT molecular complexity index is 736. The van der Waals surface area contributed by atoms with Gasteiger partial charge in [0.25, 0.3) is 0 Å². The molecule has 0 N–H and O–H groups in total. The van der Waals surface area contributed by atoms with Crippen LogP contribution in [0.15, 0.2) is 48.9 Å². The highest BCUT2D eigenvalue weighted by atomic mass is 19.4. The van der Waals surface area contributed by atoms with Gasteiger partial charge in [-0.1, -0.05) is 30.3 Å². The van der Waals surface area contributed by atoms with Crippen LogP contribution in [0.25, 0.3) is 0 Å². The highest BCUT2D eigenvalue weighted by molar-refractivity contribution is 5.82. The van der Waals surface area contributed by atoms with Crippen LogP contribution in [0.3, 0.4) is 0 Å². The molecular weight excluding hydrogens is 382 g/mol. The summed E-state index contributed by atoms with van der Waals surface area (Å²) in [6.45, 7) is -2.02. The number of halogens is 6. The van der Waals surface area contributed by atoms with Crippen molar-refractivity contribution in [3.8, 4) is 0 Å². The summed E-state index contributed by atoms with van der Waals surface area (Å²) in [4.78, 5) is 18.9. The van der Waals surface area contributed by atoms with Crippen LogP contribution in [0, 0.1) is 0 Å². The second-order valence-corrected chi connectivity index (χ2v) is 5.23. The zero-order valence-corrected chi connectivity index (χ0v) is 13.4. The van der Waals surface area contributed by atoms with E-state index < -0.39 is 37.1 Å². The zero-order chi connectivity index (χ0) is 20.1. The largest absolute Gasteiger partial charge is 0.458 e. The topological polar surface area (TPSA) is 61.3 Å². The maximum absolute atomic E-state index is 13.4. The number of nitrogens with zero attached hydrogens (tertiary/aromatic N) is 2. The Morgan fingerprint density at radius 3 is 2.07 bits per heavy atom. The summed E-state index contributed by atoms with van der Waals surface area (Å²) >= 11 is 0. The molecule has 0 amide bonds. The number of carbonyl (C=O) groups is 1. The minimum atomic E-state index is -6.12. The average molecular weight is 394 g/mol. The molecule has 1 aromatic carbocycles. The van der Waals surface area contributed by atoms with Crippen molar-refractivity contribution in [2.75, 3.05) is 0 Å². The summed E-state index contributed by atoms with van der Waals surface area (Å²) in [5, 5.41) is 0. The molecule has 0 atom stereocenters. The third-order valence-corrected chi connectivity index (χ3v) is 3.38. The molecule has 0 saturated carbocycles. The van der Waals surface area contributed by atoms with Crippen LogP contribution >= 0.6 is 0 Å².